The van der Waals surface area contributed by atoms with E-state index in [-0.39, 0.29) is 0 Å². The molecule has 0 unspecified atom stereocenters. The van der Waals surface area contributed by atoms with Crippen LogP contribution in [0.5, 0.6) is 0 Å². The molecule has 3 rings (SSSR count). The molecule has 4 heteroatoms. The molecule has 0 aliphatic heterocycles. The maximum atomic E-state index is 11.0. The second kappa shape index (κ2) is 20.6. The van der Waals surface area contributed by atoms with Crippen LogP contribution in [0.3, 0.4) is 0 Å². The van der Waals surface area contributed by atoms with E-state index in [9.17, 15) is 4.79 Å². The smallest absolute Gasteiger partial charge is 0.160 e. The highest BCUT2D eigenvalue weighted by Crippen LogP contribution is 2.40. The Balaban J connectivity index is 1.11. The molecule has 3 aromatic rings. The Kier molecular flexibility index (Phi) is 17.1. The van der Waals surface area contributed by atoms with Gasteiger partial charge in [-0.3, -0.25) is 4.79 Å². The number of carbonyl (C=O) groups excluding carboxylic acids is 1. The van der Waals surface area contributed by atoms with Gasteiger partial charge in [0.2, 0.25) is 0 Å². The summed E-state index contributed by atoms with van der Waals surface area (Å²) >= 11 is 5.36. The molecule has 0 saturated carbocycles. The van der Waals surface area contributed by atoms with E-state index in [1.165, 1.54) is 159 Å². The van der Waals surface area contributed by atoms with Crippen LogP contribution in [0.15, 0.2) is 36.4 Å². The summed E-state index contributed by atoms with van der Waals surface area (Å²) in [5.74, 6) is 0. The summed E-state index contributed by atoms with van der Waals surface area (Å²) in [6.07, 6.45) is 30.9. The summed E-state index contributed by atoms with van der Waals surface area (Å²) < 4.78 is 0. The van der Waals surface area contributed by atoms with Crippen LogP contribution in [0.25, 0.3) is 19.5 Å². The quantitative estimate of drug-likeness (QED) is 0.0756. The first kappa shape index (κ1) is 32.3. The van der Waals surface area contributed by atoms with E-state index >= 15 is 0 Å². The standard InChI is InChI=1S/C35H52OS3/c1-2-3-4-5-6-7-8-9-10-11-12-13-14-15-16-17-18-19-20-21-22-30-23-25-32(37-30)34-27-28-35(39-34)33-26-24-31(29-36)38-33/h23-29H,2-22H2,1H3. The molecular weight excluding hydrogens is 533 g/mol. The van der Waals surface area contributed by atoms with Crippen LogP contribution < -0.4 is 0 Å². The number of aldehydes is 1. The normalized spacial score (nSPS) is 11.4. The fourth-order valence-corrected chi connectivity index (χ4v) is 8.41. The molecule has 0 spiro atoms. The Bertz CT molecular complexity index is 1010. The van der Waals surface area contributed by atoms with Gasteiger partial charge in [0.15, 0.2) is 6.29 Å². The molecule has 1 nitrogen and oxygen atoms in total. The molecule has 39 heavy (non-hydrogen) atoms. The molecule has 3 heterocycles. The fourth-order valence-electron chi connectivity index (χ4n) is 5.35. The Hall–Kier alpha value is -1.23. The molecule has 0 radical (unpaired) electrons. The van der Waals surface area contributed by atoms with Crippen molar-refractivity contribution in [2.75, 3.05) is 0 Å². The van der Waals surface area contributed by atoms with Gasteiger partial charge in [0, 0.05) is 24.4 Å². The van der Waals surface area contributed by atoms with E-state index in [2.05, 4.69) is 37.3 Å². The van der Waals surface area contributed by atoms with Crippen LogP contribution in [0.1, 0.15) is 150 Å². The minimum absolute atomic E-state index is 0.799. The van der Waals surface area contributed by atoms with Gasteiger partial charge in [-0.25, -0.2) is 0 Å². The summed E-state index contributed by atoms with van der Waals surface area (Å²) in [7, 11) is 0. The van der Waals surface area contributed by atoms with Crippen molar-refractivity contribution in [3.05, 3.63) is 46.2 Å². The second-order valence-corrected chi connectivity index (χ2v) is 14.6. The Morgan fingerprint density at radius 3 is 1.31 bits per heavy atom. The third-order valence-electron chi connectivity index (χ3n) is 7.77. The molecule has 3 aromatic heterocycles. The minimum atomic E-state index is 0.799. The Labute approximate surface area is 251 Å². The van der Waals surface area contributed by atoms with E-state index in [0.29, 0.717) is 0 Å². The van der Waals surface area contributed by atoms with Gasteiger partial charge in [0.25, 0.3) is 0 Å². The van der Waals surface area contributed by atoms with E-state index in [1.54, 1.807) is 11.3 Å². The van der Waals surface area contributed by atoms with E-state index in [0.717, 1.165) is 11.2 Å². The molecule has 0 aliphatic carbocycles. The van der Waals surface area contributed by atoms with Crippen molar-refractivity contribution in [1.82, 2.24) is 0 Å². The summed E-state index contributed by atoms with van der Waals surface area (Å²) in [6.45, 7) is 2.30. The Morgan fingerprint density at radius 1 is 0.462 bits per heavy atom. The van der Waals surface area contributed by atoms with Crippen molar-refractivity contribution in [1.29, 1.82) is 0 Å². The van der Waals surface area contributed by atoms with Gasteiger partial charge in [-0.15, -0.1) is 34.0 Å². The summed E-state index contributed by atoms with van der Waals surface area (Å²) in [4.78, 5) is 18.5. The third kappa shape index (κ3) is 13.3. The largest absolute Gasteiger partial charge is 0.297 e. The lowest BCUT2D eigenvalue weighted by atomic mass is 10.0. The first-order valence-electron chi connectivity index (χ1n) is 16.0. The third-order valence-corrected chi connectivity index (χ3v) is 11.4. The van der Waals surface area contributed by atoms with Gasteiger partial charge >= 0.3 is 0 Å². The zero-order chi connectivity index (χ0) is 27.4. The van der Waals surface area contributed by atoms with E-state index in [1.807, 2.05) is 28.7 Å². The predicted molar refractivity (Wildman–Crippen MR) is 178 cm³/mol. The molecule has 0 N–H and O–H groups in total. The van der Waals surface area contributed by atoms with Gasteiger partial charge in [-0.1, -0.05) is 129 Å². The van der Waals surface area contributed by atoms with Crippen molar-refractivity contribution >= 4 is 40.3 Å². The zero-order valence-electron chi connectivity index (χ0n) is 24.5. The highest BCUT2D eigenvalue weighted by Gasteiger charge is 2.09. The molecule has 0 atom stereocenters. The lowest BCUT2D eigenvalue weighted by Crippen LogP contribution is -1.85. The van der Waals surface area contributed by atoms with Crippen molar-refractivity contribution in [3.8, 4) is 19.5 Å². The van der Waals surface area contributed by atoms with Crippen LogP contribution >= 0.6 is 34.0 Å². The number of rotatable bonds is 24. The Morgan fingerprint density at radius 2 is 0.846 bits per heavy atom. The lowest BCUT2D eigenvalue weighted by molar-refractivity contribution is 0.112. The topological polar surface area (TPSA) is 17.1 Å². The predicted octanol–water partition coefficient (Wildman–Crippen LogP) is 13.4. The average molecular weight is 585 g/mol. The van der Waals surface area contributed by atoms with Gasteiger partial charge < -0.3 is 0 Å². The number of hydrogen-bond acceptors (Lipinski definition) is 4. The van der Waals surface area contributed by atoms with Crippen LogP contribution in [-0.4, -0.2) is 6.29 Å². The van der Waals surface area contributed by atoms with E-state index in [4.69, 9.17) is 0 Å². The molecular formula is C35H52OS3. The maximum absolute atomic E-state index is 11.0. The highest BCUT2D eigenvalue weighted by molar-refractivity contribution is 7.26. The van der Waals surface area contributed by atoms with Crippen molar-refractivity contribution < 1.29 is 4.79 Å². The lowest BCUT2D eigenvalue weighted by Gasteiger charge is -2.04. The van der Waals surface area contributed by atoms with Gasteiger partial charge in [0.05, 0.1) is 4.88 Å². The molecule has 0 aromatic carbocycles. The van der Waals surface area contributed by atoms with Crippen molar-refractivity contribution in [2.45, 2.75) is 142 Å². The van der Waals surface area contributed by atoms with Crippen molar-refractivity contribution in [2.24, 2.45) is 0 Å². The SMILES string of the molecule is CCCCCCCCCCCCCCCCCCCCCCc1ccc(-c2ccc(-c3ccc(C=O)s3)s2)s1. The summed E-state index contributed by atoms with van der Waals surface area (Å²) in [6, 6.07) is 13.0. The molecule has 0 bridgehead atoms. The second-order valence-electron chi connectivity index (χ2n) is 11.2. The van der Waals surface area contributed by atoms with Crippen LogP contribution in [-0.2, 0) is 6.42 Å². The van der Waals surface area contributed by atoms with Gasteiger partial charge in [-0.2, -0.15) is 0 Å². The monoisotopic (exact) mass is 584 g/mol. The van der Waals surface area contributed by atoms with Crippen molar-refractivity contribution in [3.63, 3.8) is 0 Å². The molecule has 0 aliphatic rings. The summed E-state index contributed by atoms with van der Waals surface area (Å²) in [5.41, 5.74) is 0. The molecule has 0 saturated heterocycles. The molecule has 0 amide bonds. The first-order valence-corrected chi connectivity index (χ1v) is 18.5. The zero-order valence-corrected chi connectivity index (χ0v) is 27.0. The first-order chi connectivity index (χ1) is 19.3. The van der Waals surface area contributed by atoms with Gasteiger partial charge in [0.1, 0.15) is 0 Å². The fraction of sp³-hybridized carbons (Fsp3) is 0.629. The van der Waals surface area contributed by atoms with Crippen LogP contribution in [0, 0.1) is 0 Å². The number of hydrogen-bond donors (Lipinski definition) is 0. The molecule has 216 valence electrons. The number of thiophene rings is 3. The average Bonchev–Trinajstić information content (AvgIpc) is 3.72. The minimum Gasteiger partial charge on any atom is -0.297 e. The van der Waals surface area contributed by atoms with Gasteiger partial charge in [-0.05, 0) is 49.2 Å². The number of carbonyl (C=O) groups is 1. The molecule has 0 fully saturated rings. The maximum Gasteiger partial charge on any atom is 0.160 e. The van der Waals surface area contributed by atoms with Crippen LogP contribution in [0.2, 0.25) is 0 Å². The van der Waals surface area contributed by atoms with Crippen LogP contribution in [0.4, 0.5) is 0 Å². The number of aryl methyl sites for hydroxylation is 1. The highest BCUT2D eigenvalue weighted by atomic mass is 32.1. The number of unbranched alkanes of at least 4 members (excludes halogenated alkanes) is 19. The van der Waals surface area contributed by atoms with E-state index < -0.39 is 0 Å². The summed E-state index contributed by atoms with van der Waals surface area (Å²) in [5, 5.41) is 0.